The zero-order valence-corrected chi connectivity index (χ0v) is 11.7. The molecule has 0 saturated carbocycles. The molecule has 0 fully saturated rings. The summed E-state index contributed by atoms with van der Waals surface area (Å²) in [5.41, 5.74) is 12.4. The first-order valence-corrected chi connectivity index (χ1v) is 6.23. The van der Waals surface area contributed by atoms with E-state index in [0.29, 0.717) is 5.56 Å². The van der Waals surface area contributed by atoms with Gasteiger partial charge < -0.3 is 5.73 Å². The van der Waals surface area contributed by atoms with Gasteiger partial charge in [0.25, 0.3) is 11.8 Å². The van der Waals surface area contributed by atoms with Crippen LogP contribution in [0.1, 0.15) is 32.0 Å². The normalized spacial score (nSPS) is 10.0. The SMILES string of the molecule is Cc1ccc(C(=O)NNC(=O)c2nccnc2N)c(C)c1. The molecular formula is C14H15N5O2. The number of benzene rings is 1. The average Bonchev–Trinajstić information content (AvgIpc) is 2.45. The van der Waals surface area contributed by atoms with Gasteiger partial charge in [-0.15, -0.1) is 0 Å². The van der Waals surface area contributed by atoms with E-state index in [-0.39, 0.29) is 11.5 Å². The van der Waals surface area contributed by atoms with E-state index in [4.69, 9.17) is 5.73 Å². The monoisotopic (exact) mass is 285 g/mol. The molecule has 1 aromatic carbocycles. The first-order valence-electron chi connectivity index (χ1n) is 6.23. The highest BCUT2D eigenvalue weighted by atomic mass is 16.2. The van der Waals surface area contributed by atoms with Crippen molar-refractivity contribution in [1.29, 1.82) is 0 Å². The van der Waals surface area contributed by atoms with Crippen molar-refractivity contribution in [3.05, 3.63) is 53.0 Å². The highest BCUT2D eigenvalue weighted by Gasteiger charge is 2.14. The second-order valence-electron chi connectivity index (χ2n) is 4.52. The molecule has 0 unspecified atom stereocenters. The Morgan fingerprint density at radius 1 is 1.05 bits per heavy atom. The molecule has 0 atom stereocenters. The highest BCUT2D eigenvalue weighted by Crippen LogP contribution is 2.10. The van der Waals surface area contributed by atoms with Crippen molar-refractivity contribution in [2.75, 3.05) is 5.73 Å². The van der Waals surface area contributed by atoms with E-state index in [0.717, 1.165) is 11.1 Å². The minimum absolute atomic E-state index is 0.00392. The van der Waals surface area contributed by atoms with Crippen LogP contribution >= 0.6 is 0 Å². The number of hydrogen-bond acceptors (Lipinski definition) is 5. The van der Waals surface area contributed by atoms with Crippen LogP contribution in [0, 0.1) is 13.8 Å². The zero-order chi connectivity index (χ0) is 15.4. The Hall–Kier alpha value is -2.96. The predicted octanol–water partition coefficient (Wildman–Crippen LogP) is 0.750. The van der Waals surface area contributed by atoms with E-state index < -0.39 is 11.8 Å². The van der Waals surface area contributed by atoms with Gasteiger partial charge in [-0.05, 0) is 25.5 Å². The summed E-state index contributed by atoms with van der Waals surface area (Å²) in [6.07, 6.45) is 2.72. The molecule has 1 heterocycles. The van der Waals surface area contributed by atoms with Crippen LogP contribution in [0.2, 0.25) is 0 Å². The summed E-state index contributed by atoms with van der Waals surface area (Å²) in [4.78, 5) is 31.4. The lowest BCUT2D eigenvalue weighted by Crippen LogP contribution is -2.42. The number of carbonyl (C=O) groups excluding carboxylic acids is 2. The van der Waals surface area contributed by atoms with Gasteiger partial charge in [0.2, 0.25) is 0 Å². The van der Waals surface area contributed by atoms with Crippen LogP contribution in [0.4, 0.5) is 5.82 Å². The fourth-order valence-corrected chi connectivity index (χ4v) is 1.83. The number of carbonyl (C=O) groups is 2. The molecule has 7 nitrogen and oxygen atoms in total. The topological polar surface area (TPSA) is 110 Å². The van der Waals surface area contributed by atoms with Crippen LogP contribution in [0.25, 0.3) is 0 Å². The van der Waals surface area contributed by atoms with Gasteiger partial charge >= 0.3 is 0 Å². The summed E-state index contributed by atoms with van der Waals surface area (Å²) in [5.74, 6) is -1.04. The number of aryl methyl sites for hydroxylation is 2. The van der Waals surface area contributed by atoms with Crippen molar-refractivity contribution < 1.29 is 9.59 Å². The number of amides is 2. The molecule has 108 valence electrons. The van der Waals surface area contributed by atoms with Crippen LogP contribution < -0.4 is 16.6 Å². The van der Waals surface area contributed by atoms with Crippen molar-refractivity contribution in [3.63, 3.8) is 0 Å². The number of hydrogen-bond donors (Lipinski definition) is 3. The molecular weight excluding hydrogens is 270 g/mol. The number of nitrogens with one attached hydrogen (secondary N) is 2. The molecule has 7 heteroatoms. The van der Waals surface area contributed by atoms with Crippen molar-refractivity contribution in [2.24, 2.45) is 0 Å². The molecule has 2 aromatic rings. The summed E-state index contributed by atoms with van der Waals surface area (Å²) in [6.45, 7) is 3.76. The molecule has 0 radical (unpaired) electrons. The fourth-order valence-electron chi connectivity index (χ4n) is 1.83. The van der Waals surface area contributed by atoms with Crippen LogP contribution in [0.5, 0.6) is 0 Å². The van der Waals surface area contributed by atoms with Crippen LogP contribution in [0.3, 0.4) is 0 Å². The molecule has 0 aliphatic heterocycles. The molecule has 0 saturated heterocycles. The van der Waals surface area contributed by atoms with Crippen LogP contribution in [-0.4, -0.2) is 21.8 Å². The molecule has 0 spiro atoms. The lowest BCUT2D eigenvalue weighted by atomic mass is 10.1. The van der Waals surface area contributed by atoms with Gasteiger partial charge in [-0.2, -0.15) is 0 Å². The number of aromatic nitrogens is 2. The Kier molecular flexibility index (Phi) is 4.13. The van der Waals surface area contributed by atoms with E-state index in [1.54, 1.807) is 6.07 Å². The summed E-state index contributed by atoms with van der Waals surface area (Å²) in [6, 6.07) is 5.41. The second-order valence-corrected chi connectivity index (χ2v) is 4.52. The highest BCUT2D eigenvalue weighted by molar-refractivity contribution is 6.00. The number of nitrogen functional groups attached to an aromatic ring is 1. The van der Waals surface area contributed by atoms with Crippen LogP contribution in [0.15, 0.2) is 30.6 Å². The Bertz CT molecular complexity index is 700. The van der Waals surface area contributed by atoms with Crippen molar-refractivity contribution in [3.8, 4) is 0 Å². The quantitative estimate of drug-likeness (QED) is 0.705. The van der Waals surface area contributed by atoms with E-state index in [9.17, 15) is 9.59 Å². The summed E-state index contributed by atoms with van der Waals surface area (Å²) in [5, 5.41) is 0. The van der Waals surface area contributed by atoms with E-state index in [1.807, 2.05) is 26.0 Å². The van der Waals surface area contributed by atoms with Gasteiger partial charge in [0, 0.05) is 18.0 Å². The standard InChI is InChI=1S/C14H15N5O2/c1-8-3-4-10(9(2)7-8)13(20)18-19-14(21)11-12(15)17-6-5-16-11/h3-7H,1-2H3,(H2,15,17)(H,18,20)(H,19,21). The van der Waals surface area contributed by atoms with E-state index in [2.05, 4.69) is 20.8 Å². The molecule has 1 aromatic heterocycles. The summed E-state index contributed by atoms with van der Waals surface area (Å²) in [7, 11) is 0. The largest absolute Gasteiger partial charge is 0.382 e. The number of nitrogens with two attached hydrogens (primary N) is 1. The van der Waals surface area contributed by atoms with Gasteiger partial charge in [-0.3, -0.25) is 20.4 Å². The third-order valence-electron chi connectivity index (χ3n) is 2.86. The first-order chi connectivity index (χ1) is 9.99. The maximum atomic E-state index is 12.0. The third kappa shape index (κ3) is 3.33. The molecule has 2 rings (SSSR count). The molecule has 4 N–H and O–H groups in total. The number of anilines is 1. The second kappa shape index (κ2) is 6.00. The maximum Gasteiger partial charge on any atom is 0.292 e. The molecule has 0 aliphatic carbocycles. The van der Waals surface area contributed by atoms with Gasteiger partial charge in [0.15, 0.2) is 11.5 Å². The lowest BCUT2D eigenvalue weighted by Gasteiger charge is -2.09. The lowest BCUT2D eigenvalue weighted by molar-refractivity contribution is 0.0844. The van der Waals surface area contributed by atoms with Gasteiger partial charge in [-0.25, -0.2) is 9.97 Å². The molecule has 0 bridgehead atoms. The molecule has 2 amide bonds. The first kappa shape index (κ1) is 14.4. The maximum absolute atomic E-state index is 12.0. The molecule has 0 aliphatic rings. The van der Waals surface area contributed by atoms with Gasteiger partial charge in [0.05, 0.1) is 0 Å². The third-order valence-corrected chi connectivity index (χ3v) is 2.86. The van der Waals surface area contributed by atoms with Crippen molar-refractivity contribution in [2.45, 2.75) is 13.8 Å². The Morgan fingerprint density at radius 3 is 2.38 bits per heavy atom. The Balaban J connectivity index is 2.04. The number of nitrogens with zero attached hydrogens (tertiary/aromatic N) is 2. The number of rotatable bonds is 2. The Labute approximate surface area is 121 Å². The predicted molar refractivity (Wildman–Crippen MR) is 77.3 cm³/mol. The number of hydrazine groups is 1. The molecule has 21 heavy (non-hydrogen) atoms. The summed E-state index contributed by atoms with van der Waals surface area (Å²) < 4.78 is 0. The smallest absolute Gasteiger partial charge is 0.292 e. The van der Waals surface area contributed by atoms with Crippen molar-refractivity contribution >= 4 is 17.6 Å². The zero-order valence-electron chi connectivity index (χ0n) is 11.7. The summed E-state index contributed by atoms with van der Waals surface area (Å²) >= 11 is 0. The van der Waals surface area contributed by atoms with Gasteiger partial charge in [-0.1, -0.05) is 17.7 Å². The van der Waals surface area contributed by atoms with E-state index >= 15 is 0 Å². The van der Waals surface area contributed by atoms with Crippen molar-refractivity contribution in [1.82, 2.24) is 20.8 Å². The minimum atomic E-state index is -0.626. The van der Waals surface area contributed by atoms with Gasteiger partial charge in [0.1, 0.15) is 0 Å². The average molecular weight is 285 g/mol. The Morgan fingerprint density at radius 2 is 1.71 bits per heavy atom. The van der Waals surface area contributed by atoms with Crippen LogP contribution in [-0.2, 0) is 0 Å². The van der Waals surface area contributed by atoms with E-state index in [1.165, 1.54) is 12.4 Å². The fraction of sp³-hybridized carbons (Fsp3) is 0.143. The minimum Gasteiger partial charge on any atom is -0.382 e.